The van der Waals surface area contributed by atoms with Crippen molar-refractivity contribution in [1.82, 2.24) is 20.3 Å². The lowest BCUT2D eigenvalue weighted by atomic mass is 10.0. The molecule has 4 aromatic rings. The van der Waals surface area contributed by atoms with Crippen molar-refractivity contribution >= 4 is 22.9 Å². The molecular formula is C25H24N4O6. The lowest BCUT2D eigenvalue weighted by molar-refractivity contribution is -0.139. The Bertz CT molecular complexity index is 1340. The van der Waals surface area contributed by atoms with Crippen LogP contribution in [0.25, 0.3) is 22.4 Å². The number of carboxylic acid groups (broad SMARTS) is 1. The van der Waals surface area contributed by atoms with Gasteiger partial charge in [0.1, 0.15) is 11.9 Å². The topological polar surface area (TPSA) is 136 Å². The van der Waals surface area contributed by atoms with E-state index in [4.69, 9.17) is 14.2 Å². The molecule has 0 radical (unpaired) electrons. The molecule has 3 N–H and O–H groups in total. The van der Waals surface area contributed by atoms with Crippen LogP contribution in [0.3, 0.4) is 0 Å². The number of rotatable bonds is 9. The quantitative estimate of drug-likeness (QED) is 0.335. The van der Waals surface area contributed by atoms with Crippen LogP contribution in [0.1, 0.15) is 15.9 Å². The van der Waals surface area contributed by atoms with Crippen LogP contribution in [0.15, 0.2) is 54.9 Å². The number of H-pyrrole nitrogens is 1. The first-order chi connectivity index (χ1) is 16.9. The highest BCUT2D eigenvalue weighted by Gasteiger charge is 2.23. The Kier molecular flexibility index (Phi) is 6.81. The predicted octanol–water partition coefficient (Wildman–Crippen LogP) is 3.08. The number of carbonyl (C=O) groups is 2. The maximum Gasteiger partial charge on any atom is 0.326 e. The molecule has 180 valence electrons. The van der Waals surface area contributed by atoms with Crippen LogP contribution in [-0.4, -0.2) is 59.3 Å². The fraction of sp³-hybridized carbons (Fsp3) is 0.200. The third-order valence-corrected chi connectivity index (χ3v) is 5.47. The summed E-state index contributed by atoms with van der Waals surface area (Å²) in [6, 6.07) is 10.7. The molecule has 2 heterocycles. The molecule has 0 saturated heterocycles. The largest absolute Gasteiger partial charge is 0.493 e. The summed E-state index contributed by atoms with van der Waals surface area (Å²) >= 11 is 0. The van der Waals surface area contributed by atoms with Gasteiger partial charge in [-0.3, -0.25) is 9.78 Å². The first kappa shape index (κ1) is 23.6. The fourth-order valence-corrected chi connectivity index (χ4v) is 3.73. The maximum absolute atomic E-state index is 12.9. The first-order valence-corrected chi connectivity index (χ1v) is 10.7. The molecular weight excluding hydrogens is 452 g/mol. The number of carbonyl (C=O) groups excluding carboxylic acids is 1. The smallest absolute Gasteiger partial charge is 0.326 e. The SMILES string of the molecule is COc1cc(C[C@H](NC(=O)c2ccc3nc(-c4ccncc4)[nH]c3c2)C(=O)O)cc(OC)c1OC. The van der Waals surface area contributed by atoms with Crippen LogP contribution in [0.5, 0.6) is 17.2 Å². The third kappa shape index (κ3) is 5.01. The Morgan fingerprint density at radius 1 is 1.00 bits per heavy atom. The van der Waals surface area contributed by atoms with Crippen LogP contribution in [0.2, 0.25) is 0 Å². The van der Waals surface area contributed by atoms with E-state index in [1.54, 1.807) is 42.7 Å². The summed E-state index contributed by atoms with van der Waals surface area (Å²) < 4.78 is 16.0. The number of methoxy groups -OCH3 is 3. The molecule has 0 bridgehead atoms. The van der Waals surface area contributed by atoms with Crippen molar-refractivity contribution in [2.75, 3.05) is 21.3 Å². The standard InChI is InChI=1S/C25H24N4O6/c1-33-20-11-14(12-21(34-2)22(20)35-3)10-19(25(31)32)29-24(30)16-4-5-17-18(13-16)28-23(27-17)15-6-8-26-9-7-15/h4-9,11-13,19H,10H2,1-3H3,(H,27,28)(H,29,30)(H,31,32)/t19-/m0/s1. The molecule has 4 rings (SSSR count). The van der Waals surface area contributed by atoms with Crippen molar-refractivity contribution in [3.63, 3.8) is 0 Å². The van der Waals surface area contributed by atoms with Gasteiger partial charge in [-0.15, -0.1) is 0 Å². The number of pyridine rings is 1. The summed E-state index contributed by atoms with van der Waals surface area (Å²) in [6.45, 7) is 0. The molecule has 2 aromatic heterocycles. The molecule has 0 saturated carbocycles. The summed E-state index contributed by atoms with van der Waals surface area (Å²) in [4.78, 5) is 36.6. The zero-order valence-corrected chi connectivity index (χ0v) is 19.4. The molecule has 10 heteroatoms. The number of nitrogens with zero attached hydrogens (tertiary/aromatic N) is 2. The summed E-state index contributed by atoms with van der Waals surface area (Å²) in [6.07, 6.45) is 3.35. The van der Waals surface area contributed by atoms with Gasteiger partial charge in [0.05, 0.1) is 32.4 Å². The van der Waals surface area contributed by atoms with Gasteiger partial charge in [0, 0.05) is 29.9 Å². The van der Waals surface area contributed by atoms with E-state index in [-0.39, 0.29) is 6.42 Å². The van der Waals surface area contributed by atoms with Crippen molar-refractivity contribution in [2.45, 2.75) is 12.5 Å². The van der Waals surface area contributed by atoms with Crippen LogP contribution in [0, 0.1) is 0 Å². The normalized spacial score (nSPS) is 11.6. The second-order valence-electron chi connectivity index (χ2n) is 7.66. The number of aliphatic carboxylic acids is 1. The number of aromatic nitrogens is 3. The second-order valence-corrected chi connectivity index (χ2v) is 7.66. The number of hydrogen-bond acceptors (Lipinski definition) is 7. The Morgan fingerprint density at radius 3 is 2.29 bits per heavy atom. The van der Waals surface area contributed by atoms with Crippen LogP contribution in [0.4, 0.5) is 0 Å². The monoisotopic (exact) mass is 476 g/mol. The van der Waals surface area contributed by atoms with E-state index in [1.165, 1.54) is 21.3 Å². The molecule has 0 aliphatic heterocycles. The summed E-state index contributed by atoms with van der Waals surface area (Å²) in [5, 5.41) is 12.4. The lowest BCUT2D eigenvalue weighted by Crippen LogP contribution is -2.42. The molecule has 2 aromatic carbocycles. The van der Waals surface area contributed by atoms with Crippen molar-refractivity contribution in [2.24, 2.45) is 0 Å². The number of imidazole rings is 1. The summed E-state index contributed by atoms with van der Waals surface area (Å²) in [5.41, 5.74) is 3.09. The van der Waals surface area contributed by atoms with Gasteiger partial charge in [0.15, 0.2) is 11.5 Å². The highest BCUT2D eigenvalue weighted by molar-refractivity contribution is 5.99. The van der Waals surface area contributed by atoms with Gasteiger partial charge in [-0.05, 0) is 48.0 Å². The van der Waals surface area contributed by atoms with Crippen LogP contribution >= 0.6 is 0 Å². The van der Waals surface area contributed by atoms with Gasteiger partial charge in [0.25, 0.3) is 5.91 Å². The van der Waals surface area contributed by atoms with Crippen molar-refractivity contribution in [1.29, 1.82) is 0 Å². The van der Waals surface area contributed by atoms with Crippen molar-refractivity contribution < 1.29 is 28.9 Å². The van der Waals surface area contributed by atoms with E-state index in [1.807, 2.05) is 12.1 Å². The minimum Gasteiger partial charge on any atom is -0.493 e. The maximum atomic E-state index is 12.9. The average molecular weight is 476 g/mol. The molecule has 1 amide bonds. The van der Waals surface area contributed by atoms with E-state index >= 15 is 0 Å². The predicted molar refractivity (Wildman–Crippen MR) is 128 cm³/mol. The van der Waals surface area contributed by atoms with Gasteiger partial charge in [-0.1, -0.05) is 0 Å². The fourth-order valence-electron chi connectivity index (χ4n) is 3.73. The van der Waals surface area contributed by atoms with Gasteiger partial charge >= 0.3 is 5.97 Å². The Balaban J connectivity index is 1.56. The highest BCUT2D eigenvalue weighted by atomic mass is 16.5. The first-order valence-electron chi connectivity index (χ1n) is 10.7. The minimum absolute atomic E-state index is 0.0102. The third-order valence-electron chi connectivity index (χ3n) is 5.47. The van der Waals surface area contributed by atoms with E-state index in [2.05, 4.69) is 20.3 Å². The van der Waals surface area contributed by atoms with Crippen LogP contribution < -0.4 is 19.5 Å². The van der Waals surface area contributed by atoms with Gasteiger partial charge in [0.2, 0.25) is 5.75 Å². The Morgan fingerprint density at radius 2 is 1.69 bits per heavy atom. The van der Waals surface area contributed by atoms with E-state index in [0.717, 1.165) is 5.56 Å². The highest BCUT2D eigenvalue weighted by Crippen LogP contribution is 2.38. The van der Waals surface area contributed by atoms with Crippen molar-refractivity contribution in [3.8, 4) is 28.6 Å². The van der Waals surface area contributed by atoms with Gasteiger partial charge in [-0.2, -0.15) is 0 Å². The minimum atomic E-state index is -1.19. The number of benzene rings is 2. The van der Waals surface area contributed by atoms with E-state index in [9.17, 15) is 14.7 Å². The van der Waals surface area contributed by atoms with E-state index < -0.39 is 17.9 Å². The van der Waals surface area contributed by atoms with Gasteiger partial charge in [-0.25, -0.2) is 9.78 Å². The molecule has 0 spiro atoms. The number of nitrogens with one attached hydrogen (secondary N) is 2. The summed E-state index contributed by atoms with van der Waals surface area (Å²) in [7, 11) is 4.43. The van der Waals surface area contributed by atoms with Gasteiger partial charge < -0.3 is 29.6 Å². The molecule has 0 unspecified atom stereocenters. The molecule has 0 aliphatic carbocycles. The molecule has 0 aliphatic rings. The molecule has 35 heavy (non-hydrogen) atoms. The number of hydrogen-bond donors (Lipinski definition) is 3. The number of fused-ring (bicyclic) bond motifs is 1. The summed E-state index contributed by atoms with van der Waals surface area (Å²) in [5.74, 6) is 0.139. The second kappa shape index (κ2) is 10.1. The molecule has 0 fully saturated rings. The molecule has 10 nitrogen and oxygen atoms in total. The number of ether oxygens (including phenoxy) is 3. The number of amides is 1. The van der Waals surface area contributed by atoms with Crippen LogP contribution in [-0.2, 0) is 11.2 Å². The Hall–Kier alpha value is -4.60. The van der Waals surface area contributed by atoms with Crippen molar-refractivity contribution in [3.05, 3.63) is 66.0 Å². The van der Waals surface area contributed by atoms with E-state index in [0.29, 0.717) is 45.2 Å². The number of aromatic amines is 1. The molecule has 1 atom stereocenters. The zero-order valence-electron chi connectivity index (χ0n) is 19.4. The number of carboxylic acids is 1. The zero-order chi connectivity index (χ0) is 24.9. The average Bonchev–Trinajstić information content (AvgIpc) is 3.31. The Labute approximate surface area is 200 Å². The lowest BCUT2D eigenvalue weighted by Gasteiger charge is -2.18.